The Morgan fingerprint density at radius 2 is 2.22 bits per heavy atom. The SMILES string of the molecule is CC(Cc1c[nH]c2ccccc12)(N=C=O)C(=O)O. The van der Waals surface area contributed by atoms with E-state index >= 15 is 0 Å². The summed E-state index contributed by atoms with van der Waals surface area (Å²) in [6.07, 6.45) is 3.22. The first kappa shape index (κ1) is 12.1. The molecule has 2 aromatic rings. The van der Waals surface area contributed by atoms with Gasteiger partial charge in [0, 0.05) is 23.5 Å². The molecule has 2 N–H and O–H groups in total. The van der Waals surface area contributed by atoms with Gasteiger partial charge in [-0.1, -0.05) is 18.2 Å². The van der Waals surface area contributed by atoms with E-state index in [0.717, 1.165) is 16.5 Å². The Bertz CT molecular complexity index is 636. The van der Waals surface area contributed by atoms with Crippen LogP contribution in [-0.2, 0) is 16.0 Å². The Hall–Kier alpha value is -2.39. The number of aliphatic carboxylic acids is 1. The van der Waals surface area contributed by atoms with Crippen molar-refractivity contribution >= 4 is 23.0 Å². The summed E-state index contributed by atoms with van der Waals surface area (Å²) in [5, 5.41) is 10.1. The van der Waals surface area contributed by atoms with Crippen LogP contribution in [-0.4, -0.2) is 27.7 Å². The summed E-state index contributed by atoms with van der Waals surface area (Å²) in [6.45, 7) is 1.40. The normalized spacial score (nSPS) is 13.8. The highest BCUT2D eigenvalue weighted by Crippen LogP contribution is 2.24. The summed E-state index contributed by atoms with van der Waals surface area (Å²) >= 11 is 0. The molecule has 0 aliphatic carbocycles. The molecule has 5 nitrogen and oxygen atoms in total. The second kappa shape index (κ2) is 4.47. The van der Waals surface area contributed by atoms with Crippen LogP contribution in [0, 0.1) is 0 Å². The van der Waals surface area contributed by atoms with Gasteiger partial charge in [0.2, 0.25) is 6.08 Å². The number of benzene rings is 1. The highest BCUT2D eigenvalue weighted by atomic mass is 16.4. The number of carbonyl (C=O) groups excluding carboxylic acids is 1. The minimum Gasteiger partial charge on any atom is -0.479 e. The van der Waals surface area contributed by atoms with Crippen LogP contribution in [0.3, 0.4) is 0 Å². The summed E-state index contributed by atoms with van der Waals surface area (Å²) in [5.74, 6) is -1.14. The van der Waals surface area contributed by atoms with Crippen molar-refractivity contribution in [2.45, 2.75) is 18.9 Å². The second-order valence-corrected chi connectivity index (χ2v) is 4.32. The lowest BCUT2D eigenvalue weighted by Crippen LogP contribution is -2.35. The topological polar surface area (TPSA) is 82.5 Å². The number of carbonyl (C=O) groups is 1. The predicted molar refractivity (Wildman–Crippen MR) is 66.2 cm³/mol. The van der Waals surface area contributed by atoms with Crippen LogP contribution in [0.1, 0.15) is 12.5 Å². The number of aromatic nitrogens is 1. The number of aliphatic imine (C=N–C) groups is 1. The van der Waals surface area contributed by atoms with Crippen molar-refractivity contribution in [2.75, 3.05) is 0 Å². The fourth-order valence-corrected chi connectivity index (χ4v) is 1.91. The summed E-state index contributed by atoms with van der Waals surface area (Å²) in [5.41, 5.74) is 0.261. The molecule has 0 radical (unpaired) electrons. The van der Waals surface area contributed by atoms with Gasteiger partial charge in [-0.25, -0.2) is 9.59 Å². The summed E-state index contributed by atoms with van der Waals surface area (Å²) in [4.78, 5) is 28.0. The van der Waals surface area contributed by atoms with Crippen LogP contribution in [0.4, 0.5) is 0 Å². The van der Waals surface area contributed by atoms with E-state index in [0.29, 0.717) is 0 Å². The van der Waals surface area contributed by atoms with Gasteiger partial charge in [-0.2, -0.15) is 4.99 Å². The summed E-state index contributed by atoms with van der Waals surface area (Å²) in [6, 6.07) is 7.57. The van der Waals surface area contributed by atoms with Crippen LogP contribution in [0.2, 0.25) is 0 Å². The molecule has 0 aliphatic heterocycles. The van der Waals surface area contributed by atoms with Gasteiger partial charge in [0.1, 0.15) is 0 Å². The number of para-hydroxylation sites is 1. The Kier molecular flexibility index (Phi) is 3.00. The van der Waals surface area contributed by atoms with E-state index in [1.165, 1.54) is 13.0 Å². The smallest absolute Gasteiger partial charge is 0.332 e. The van der Waals surface area contributed by atoms with Crippen molar-refractivity contribution < 1.29 is 14.7 Å². The van der Waals surface area contributed by atoms with E-state index < -0.39 is 11.5 Å². The number of fused-ring (bicyclic) bond motifs is 1. The molecule has 1 aromatic carbocycles. The molecule has 0 spiro atoms. The Morgan fingerprint density at radius 1 is 1.50 bits per heavy atom. The van der Waals surface area contributed by atoms with E-state index in [-0.39, 0.29) is 6.42 Å². The molecule has 5 heteroatoms. The van der Waals surface area contributed by atoms with Crippen LogP contribution >= 0.6 is 0 Å². The number of carboxylic acids is 1. The summed E-state index contributed by atoms with van der Waals surface area (Å²) < 4.78 is 0. The fourth-order valence-electron chi connectivity index (χ4n) is 1.91. The maximum absolute atomic E-state index is 11.2. The van der Waals surface area contributed by atoms with E-state index in [2.05, 4.69) is 9.98 Å². The number of nitrogens with one attached hydrogen (secondary N) is 1. The first-order valence-corrected chi connectivity index (χ1v) is 5.44. The maximum Gasteiger partial charge on any atom is 0.332 e. The molecule has 18 heavy (non-hydrogen) atoms. The van der Waals surface area contributed by atoms with Crippen LogP contribution < -0.4 is 0 Å². The van der Waals surface area contributed by atoms with Crippen LogP contribution in [0.25, 0.3) is 10.9 Å². The molecule has 1 atom stereocenters. The molecule has 0 amide bonds. The Labute approximate surface area is 103 Å². The first-order chi connectivity index (χ1) is 8.57. The molecule has 1 heterocycles. The second-order valence-electron chi connectivity index (χ2n) is 4.32. The zero-order chi connectivity index (χ0) is 13.2. The highest BCUT2D eigenvalue weighted by Gasteiger charge is 2.34. The summed E-state index contributed by atoms with van der Waals surface area (Å²) in [7, 11) is 0. The zero-order valence-electron chi connectivity index (χ0n) is 9.80. The molecular formula is C13H12N2O3. The lowest BCUT2D eigenvalue weighted by molar-refractivity contribution is -0.142. The quantitative estimate of drug-likeness (QED) is 0.636. The highest BCUT2D eigenvalue weighted by molar-refractivity contribution is 5.85. The lowest BCUT2D eigenvalue weighted by atomic mass is 9.93. The third kappa shape index (κ3) is 2.04. The maximum atomic E-state index is 11.2. The van der Waals surface area contributed by atoms with Gasteiger partial charge in [0.05, 0.1) is 0 Å². The molecule has 0 saturated carbocycles. The molecule has 92 valence electrons. The largest absolute Gasteiger partial charge is 0.479 e. The fraction of sp³-hybridized carbons (Fsp3) is 0.231. The average Bonchev–Trinajstić information content (AvgIpc) is 2.73. The first-order valence-electron chi connectivity index (χ1n) is 5.44. The van der Waals surface area contributed by atoms with Gasteiger partial charge in [-0.15, -0.1) is 0 Å². The van der Waals surface area contributed by atoms with Crippen molar-refractivity contribution in [1.82, 2.24) is 4.98 Å². The Balaban J connectivity index is 2.44. The van der Waals surface area contributed by atoms with Crippen molar-refractivity contribution in [2.24, 2.45) is 4.99 Å². The third-order valence-corrected chi connectivity index (χ3v) is 2.96. The molecule has 0 saturated heterocycles. The molecule has 0 fully saturated rings. The van der Waals surface area contributed by atoms with Crippen LogP contribution in [0.15, 0.2) is 35.5 Å². The van der Waals surface area contributed by atoms with Gasteiger partial charge in [-0.05, 0) is 18.6 Å². The monoisotopic (exact) mass is 244 g/mol. The minimum absolute atomic E-state index is 0.140. The average molecular weight is 244 g/mol. The van der Waals surface area contributed by atoms with E-state index in [1.54, 1.807) is 6.20 Å². The Morgan fingerprint density at radius 3 is 2.89 bits per heavy atom. The van der Waals surface area contributed by atoms with Crippen LogP contribution in [0.5, 0.6) is 0 Å². The van der Waals surface area contributed by atoms with E-state index in [9.17, 15) is 9.59 Å². The molecule has 1 unspecified atom stereocenters. The number of rotatable bonds is 4. The number of nitrogens with zero attached hydrogens (tertiary/aromatic N) is 1. The zero-order valence-corrected chi connectivity index (χ0v) is 9.80. The van der Waals surface area contributed by atoms with Crippen molar-refractivity contribution in [3.8, 4) is 0 Å². The van der Waals surface area contributed by atoms with Gasteiger partial charge in [0.15, 0.2) is 5.54 Å². The number of aromatic amines is 1. The molecule has 0 aliphatic rings. The molecule has 2 rings (SSSR count). The van der Waals surface area contributed by atoms with E-state index in [4.69, 9.17) is 5.11 Å². The van der Waals surface area contributed by atoms with Gasteiger partial charge >= 0.3 is 5.97 Å². The van der Waals surface area contributed by atoms with Gasteiger partial charge in [0.25, 0.3) is 0 Å². The number of H-pyrrole nitrogens is 1. The van der Waals surface area contributed by atoms with Gasteiger partial charge < -0.3 is 10.1 Å². The van der Waals surface area contributed by atoms with Gasteiger partial charge in [-0.3, -0.25) is 0 Å². The molecular weight excluding hydrogens is 232 g/mol. The number of hydrogen-bond donors (Lipinski definition) is 2. The van der Waals surface area contributed by atoms with Crippen molar-refractivity contribution in [1.29, 1.82) is 0 Å². The predicted octanol–water partition coefficient (Wildman–Crippen LogP) is 1.89. The number of isocyanates is 1. The standard InChI is InChI=1S/C13H12N2O3/c1-13(12(17)18,15-8-16)6-9-7-14-11-5-3-2-4-10(9)11/h2-5,7,14H,6H2,1H3,(H,17,18). The van der Waals surface area contributed by atoms with Crippen molar-refractivity contribution in [3.63, 3.8) is 0 Å². The molecule has 0 bridgehead atoms. The minimum atomic E-state index is -1.48. The number of hydrogen-bond acceptors (Lipinski definition) is 3. The number of carboxylic acid groups (broad SMARTS) is 1. The van der Waals surface area contributed by atoms with E-state index in [1.807, 2.05) is 24.3 Å². The third-order valence-electron chi connectivity index (χ3n) is 2.96. The molecule has 1 aromatic heterocycles. The lowest BCUT2D eigenvalue weighted by Gasteiger charge is -2.17. The van der Waals surface area contributed by atoms with Crippen molar-refractivity contribution in [3.05, 3.63) is 36.0 Å².